The molecular weight excluding hydrogens is 576 g/mol. The molecule has 0 fully saturated rings. The average Bonchev–Trinajstić information content (AvgIpc) is 3.09. The quantitative estimate of drug-likeness (QED) is 0.186. The maximum atomic E-state index is 5.24. The number of para-hydroxylation sites is 2. The van der Waals surface area contributed by atoms with Crippen LogP contribution in [0.15, 0.2) is 149 Å². The number of benzene rings is 4. The van der Waals surface area contributed by atoms with Crippen LogP contribution in [0.3, 0.4) is 0 Å². The van der Waals surface area contributed by atoms with Crippen molar-refractivity contribution in [3.05, 3.63) is 156 Å². The highest BCUT2D eigenvalue weighted by Gasteiger charge is 2.30. The van der Waals surface area contributed by atoms with Gasteiger partial charge in [0.1, 0.15) is 0 Å². The first kappa shape index (κ1) is 30.1. The molecule has 1 atom stereocenters. The molecule has 0 aliphatic carbocycles. The van der Waals surface area contributed by atoms with E-state index in [-0.39, 0.29) is 0 Å². The lowest BCUT2D eigenvalue weighted by molar-refractivity contribution is 0.647. The number of anilines is 5. The molecule has 0 radical (unpaired) electrons. The van der Waals surface area contributed by atoms with Crippen LogP contribution in [-0.4, -0.2) is 30.7 Å². The number of aliphatic imine (C=N–C) groups is 2. The van der Waals surface area contributed by atoms with Crippen LogP contribution in [0.2, 0.25) is 0 Å². The van der Waals surface area contributed by atoms with Gasteiger partial charge in [-0.15, -0.1) is 0 Å². The Bertz CT molecular complexity index is 1980. The lowest BCUT2D eigenvalue weighted by Crippen LogP contribution is -2.34. The normalized spacial score (nSPS) is 15.4. The summed E-state index contributed by atoms with van der Waals surface area (Å²) in [6.07, 6.45) is 13.0. The monoisotopic (exact) mass is 616 g/mol. The Morgan fingerprint density at radius 1 is 0.745 bits per heavy atom. The third kappa shape index (κ3) is 6.27. The van der Waals surface area contributed by atoms with Gasteiger partial charge < -0.3 is 15.5 Å². The van der Waals surface area contributed by atoms with E-state index in [2.05, 4.69) is 152 Å². The molecule has 3 aliphatic heterocycles. The highest BCUT2D eigenvalue weighted by Crippen LogP contribution is 2.39. The van der Waals surface area contributed by atoms with Crippen LogP contribution >= 0.6 is 0 Å². The van der Waals surface area contributed by atoms with Crippen LogP contribution in [0.5, 0.6) is 0 Å². The molecule has 234 valence electrons. The van der Waals surface area contributed by atoms with E-state index in [1.165, 1.54) is 5.56 Å². The van der Waals surface area contributed by atoms with E-state index in [9.17, 15) is 0 Å². The van der Waals surface area contributed by atoms with E-state index in [0.29, 0.717) is 11.9 Å². The zero-order valence-electron chi connectivity index (χ0n) is 27.4. The Labute approximate surface area is 277 Å². The lowest BCUT2D eigenvalue weighted by atomic mass is 9.93. The summed E-state index contributed by atoms with van der Waals surface area (Å²) in [6.45, 7) is 4.55. The highest BCUT2D eigenvalue weighted by atomic mass is 15.3. The molecule has 0 bridgehead atoms. The molecule has 2 N–H and O–H groups in total. The summed E-state index contributed by atoms with van der Waals surface area (Å²) in [5, 5.41) is 7.34. The van der Waals surface area contributed by atoms with Gasteiger partial charge >= 0.3 is 0 Å². The minimum atomic E-state index is 0.467. The van der Waals surface area contributed by atoms with Crippen molar-refractivity contribution in [1.29, 1.82) is 0 Å². The summed E-state index contributed by atoms with van der Waals surface area (Å²) >= 11 is 0. The van der Waals surface area contributed by atoms with Crippen LogP contribution in [0.4, 0.5) is 28.4 Å². The minimum Gasteiger partial charge on any atom is -0.378 e. The first-order chi connectivity index (χ1) is 23.0. The Hall–Kier alpha value is -5.62. The van der Waals surface area contributed by atoms with Crippen LogP contribution < -0.4 is 15.5 Å². The second-order valence-corrected chi connectivity index (χ2v) is 12.4. The zero-order chi connectivity index (χ0) is 32.3. The number of rotatable bonds is 10. The summed E-state index contributed by atoms with van der Waals surface area (Å²) in [6, 6.07) is 33.8. The Balaban J connectivity index is 1.32. The Kier molecular flexibility index (Phi) is 8.32. The van der Waals surface area contributed by atoms with Gasteiger partial charge in [0.05, 0.1) is 28.5 Å². The number of guanidine groups is 1. The molecule has 0 saturated heterocycles. The van der Waals surface area contributed by atoms with Crippen LogP contribution in [0, 0.1) is 0 Å². The van der Waals surface area contributed by atoms with Gasteiger partial charge in [-0.25, -0.2) is 9.98 Å². The molecule has 4 aromatic rings. The standard InChI is InChI=1S/C41H40N6/c1-5-13-28(2)29-20-22-35(37(24-29)42-30-14-8-6-9-15-30)39-26-33-18-12-19-34-27-40(45-41(44-39)47(33)34)36-23-21-32(46(3)4)25-38(36)43-31-16-10-7-11-17-31/h6-12,14-28,42-43H,5,13H2,1-4H3. The SMILES string of the molecule is CCCC(C)c1ccc(C2=CC3=CC=CC4=CC(c5ccc(N(C)C)cc5Nc5ccccc5)=NC(=N2)N34)c(Nc2ccccc2)c1. The molecule has 6 heteroatoms. The van der Waals surface area contributed by atoms with Crippen molar-refractivity contribution < 1.29 is 0 Å². The van der Waals surface area contributed by atoms with Crippen LogP contribution in [0.1, 0.15) is 49.3 Å². The van der Waals surface area contributed by atoms with Crippen molar-refractivity contribution >= 4 is 45.8 Å². The van der Waals surface area contributed by atoms with E-state index in [0.717, 1.165) is 75.2 Å². The maximum Gasteiger partial charge on any atom is 0.235 e. The number of hydrogen-bond acceptors (Lipinski definition) is 6. The van der Waals surface area contributed by atoms with Gasteiger partial charge in [-0.1, -0.05) is 74.9 Å². The number of hydrogen-bond donors (Lipinski definition) is 2. The van der Waals surface area contributed by atoms with E-state index in [1.807, 2.05) is 24.3 Å². The summed E-state index contributed by atoms with van der Waals surface area (Å²) < 4.78 is 0. The van der Waals surface area contributed by atoms with Gasteiger partial charge in [0.25, 0.3) is 0 Å². The molecule has 0 amide bonds. The Morgan fingerprint density at radius 2 is 1.43 bits per heavy atom. The molecule has 0 aromatic heterocycles. The summed E-state index contributed by atoms with van der Waals surface area (Å²) in [4.78, 5) is 14.7. The largest absolute Gasteiger partial charge is 0.378 e. The van der Waals surface area contributed by atoms with Crippen molar-refractivity contribution in [2.24, 2.45) is 9.98 Å². The highest BCUT2D eigenvalue weighted by molar-refractivity contribution is 6.20. The zero-order valence-corrected chi connectivity index (χ0v) is 27.4. The number of nitrogens with zero attached hydrogens (tertiary/aromatic N) is 4. The van der Waals surface area contributed by atoms with Crippen molar-refractivity contribution in [2.75, 3.05) is 29.6 Å². The summed E-state index contributed by atoms with van der Waals surface area (Å²) in [5.74, 6) is 1.12. The molecule has 6 nitrogen and oxygen atoms in total. The second-order valence-electron chi connectivity index (χ2n) is 12.4. The molecule has 3 aliphatic rings. The smallest absolute Gasteiger partial charge is 0.235 e. The molecular formula is C41H40N6. The molecule has 7 rings (SSSR count). The minimum absolute atomic E-state index is 0.467. The van der Waals surface area contributed by atoms with Crippen molar-refractivity contribution in [2.45, 2.75) is 32.6 Å². The van der Waals surface area contributed by atoms with Gasteiger partial charge in [0.2, 0.25) is 5.96 Å². The van der Waals surface area contributed by atoms with Crippen LogP contribution in [0.25, 0.3) is 5.70 Å². The third-order valence-corrected chi connectivity index (χ3v) is 8.77. The molecule has 0 spiro atoms. The van der Waals surface area contributed by atoms with Crippen molar-refractivity contribution in [3.8, 4) is 0 Å². The predicted octanol–water partition coefficient (Wildman–Crippen LogP) is 10.00. The molecule has 47 heavy (non-hydrogen) atoms. The molecule has 3 heterocycles. The predicted molar refractivity (Wildman–Crippen MR) is 199 cm³/mol. The first-order valence-electron chi connectivity index (χ1n) is 16.4. The lowest BCUT2D eigenvalue weighted by Gasteiger charge is -2.34. The summed E-state index contributed by atoms with van der Waals surface area (Å²) in [5.41, 5.74) is 12.4. The number of nitrogens with one attached hydrogen (secondary N) is 2. The van der Waals surface area contributed by atoms with Gasteiger partial charge in [0, 0.05) is 48.0 Å². The average molecular weight is 617 g/mol. The molecule has 1 unspecified atom stereocenters. The van der Waals surface area contributed by atoms with E-state index < -0.39 is 0 Å². The molecule has 0 saturated carbocycles. The maximum absolute atomic E-state index is 5.24. The number of allylic oxidation sites excluding steroid dienone is 5. The first-order valence-corrected chi connectivity index (χ1v) is 16.4. The van der Waals surface area contributed by atoms with Crippen LogP contribution in [-0.2, 0) is 0 Å². The third-order valence-electron chi connectivity index (χ3n) is 8.77. The molecule has 4 aromatic carbocycles. The van der Waals surface area contributed by atoms with Gasteiger partial charge in [-0.3, -0.25) is 4.90 Å². The summed E-state index contributed by atoms with van der Waals surface area (Å²) in [7, 11) is 4.12. The fraction of sp³-hybridized carbons (Fsp3) is 0.171. The van der Waals surface area contributed by atoms with E-state index in [4.69, 9.17) is 9.98 Å². The van der Waals surface area contributed by atoms with E-state index in [1.54, 1.807) is 0 Å². The van der Waals surface area contributed by atoms with E-state index >= 15 is 0 Å². The fourth-order valence-electron chi connectivity index (χ4n) is 6.25. The Morgan fingerprint density at radius 3 is 2.11 bits per heavy atom. The topological polar surface area (TPSA) is 55.3 Å². The van der Waals surface area contributed by atoms with Crippen molar-refractivity contribution in [3.63, 3.8) is 0 Å². The van der Waals surface area contributed by atoms with Crippen molar-refractivity contribution in [1.82, 2.24) is 4.90 Å². The van der Waals surface area contributed by atoms with Gasteiger partial charge in [0.15, 0.2) is 0 Å². The second kappa shape index (κ2) is 13.0. The van der Waals surface area contributed by atoms with Gasteiger partial charge in [-0.2, -0.15) is 0 Å². The fourth-order valence-corrected chi connectivity index (χ4v) is 6.25. The van der Waals surface area contributed by atoms with Gasteiger partial charge in [-0.05, 0) is 90.7 Å².